The molecular weight excluding hydrogens is 218 g/mol. The van der Waals surface area contributed by atoms with E-state index in [-0.39, 0.29) is 5.97 Å². The molecule has 0 radical (unpaired) electrons. The van der Waals surface area contributed by atoms with Crippen LogP contribution in [0, 0.1) is 5.92 Å². The Kier molecular flexibility index (Phi) is 4.14. The van der Waals surface area contributed by atoms with Crippen molar-refractivity contribution >= 4 is 5.97 Å². The van der Waals surface area contributed by atoms with Crippen molar-refractivity contribution in [2.24, 2.45) is 5.92 Å². The van der Waals surface area contributed by atoms with Gasteiger partial charge in [-0.25, -0.2) is 0 Å². The molecule has 1 aromatic heterocycles. The number of rotatable bonds is 4. The molecular formula is C12H19N3O2. The lowest BCUT2D eigenvalue weighted by Crippen LogP contribution is -2.38. The zero-order chi connectivity index (χ0) is 12.1. The van der Waals surface area contributed by atoms with E-state index < -0.39 is 0 Å². The van der Waals surface area contributed by atoms with Crippen LogP contribution in [0.5, 0.6) is 0 Å². The van der Waals surface area contributed by atoms with Crippen LogP contribution in [0.3, 0.4) is 0 Å². The maximum Gasteiger partial charge on any atom is 0.319 e. The van der Waals surface area contributed by atoms with Gasteiger partial charge in [-0.3, -0.25) is 14.4 Å². The number of hydrogen-bond donors (Lipinski definition) is 0. The van der Waals surface area contributed by atoms with Gasteiger partial charge in [0.15, 0.2) is 0 Å². The molecule has 5 nitrogen and oxygen atoms in total. The second-order valence-corrected chi connectivity index (χ2v) is 4.52. The molecule has 0 atom stereocenters. The van der Waals surface area contributed by atoms with E-state index in [1.54, 1.807) is 0 Å². The van der Waals surface area contributed by atoms with Crippen molar-refractivity contribution in [3.05, 3.63) is 18.5 Å². The largest absolute Gasteiger partial charge is 0.468 e. The van der Waals surface area contributed by atoms with Gasteiger partial charge >= 0.3 is 5.97 Å². The Bertz CT molecular complexity index is 343. The van der Waals surface area contributed by atoms with Crippen LogP contribution < -0.4 is 0 Å². The highest BCUT2D eigenvalue weighted by Crippen LogP contribution is 2.18. The first-order valence-corrected chi connectivity index (χ1v) is 6.04. The Morgan fingerprint density at radius 2 is 2.24 bits per heavy atom. The van der Waals surface area contributed by atoms with E-state index in [1.165, 1.54) is 7.11 Å². The van der Waals surface area contributed by atoms with Gasteiger partial charge < -0.3 is 4.74 Å². The molecule has 5 heteroatoms. The first-order valence-electron chi connectivity index (χ1n) is 6.04. The van der Waals surface area contributed by atoms with Crippen molar-refractivity contribution in [1.82, 2.24) is 14.7 Å². The minimum absolute atomic E-state index is 0.143. The lowest BCUT2D eigenvalue weighted by atomic mass is 9.97. The summed E-state index contributed by atoms with van der Waals surface area (Å²) in [5, 5.41) is 4.22. The molecule has 2 rings (SSSR count). The fourth-order valence-electron chi connectivity index (χ4n) is 2.25. The molecule has 0 saturated carbocycles. The standard InChI is InChI=1S/C12H19N3O2/c1-17-12(16)10-14-7-3-11(4-8-14)9-15-6-2-5-13-15/h2,5-6,11H,3-4,7-10H2,1H3. The summed E-state index contributed by atoms with van der Waals surface area (Å²) in [4.78, 5) is 13.3. The van der Waals surface area contributed by atoms with E-state index in [9.17, 15) is 4.79 Å². The van der Waals surface area contributed by atoms with Crippen molar-refractivity contribution in [2.75, 3.05) is 26.7 Å². The van der Waals surface area contributed by atoms with E-state index in [0.29, 0.717) is 12.5 Å². The number of aromatic nitrogens is 2. The number of likely N-dealkylation sites (tertiary alicyclic amines) is 1. The van der Waals surface area contributed by atoms with Crippen molar-refractivity contribution in [2.45, 2.75) is 19.4 Å². The van der Waals surface area contributed by atoms with Crippen LogP contribution in [0.15, 0.2) is 18.5 Å². The Balaban J connectivity index is 1.72. The number of esters is 1. The molecule has 0 amide bonds. The van der Waals surface area contributed by atoms with Crippen LogP contribution in [-0.2, 0) is 16.1 Å². The van der Waals surface area contributed by atoms with Crippen LogP contribution in [0.4, 0.5) is 0 Å². The molecule has 1 aliphatic heterocycles. The van der Waals surface area contributed by atoms with Gasteiger partial charge in [-0.05, 0) is 37.9 Å². The number of carbonyl (C=O) groups is 1. The maximum absolute atomic E-state index is 11.1. The van der Waals surface area contributed by atoms with Crippen LogP contribution in [0.25, 0.3) is 0 Å². The maximum atomic E-state index is 11.1. The third-order valence-corrected chi connectivity index (χ3v) is 3.29. The molecule has 17 heavy (non-hydrogen) atoms. The summed E-state index contributed by atoms with van der Waals surface area (Å²) < 4.78 is 6.66. The van der Waals surface area contributed by atoms with E-state index in [0.717, 1.165) is 32.5 Å². The van der Waals surface area contributed by atoms with Crippen molar-refractivity contribution < 1.29 is 9.53 Å². The number of hydrogen-bond acceptors (Lipinski definition) is 4. The highest BCUT2D eigenvalue weighted by molar-refractivity contribution is 5.71. The zero-order valence-electron chi connectivity index (χ0n) is 10.2. The number of nitrogens with zero attached hydrogens (tertiary/aromatic N) is 3. The van der Waals surface area contributed by atoms with Gasteiger partial charge in [0, 0.05) is 18.9 Å². The minimum Gasteiger partial charge on any atom is -0.468 e. The van der Waals surface area contributed by atoms with E-state index in [4.69, 9.17) is 0 Å². The molecule has 1 saturated heterocycles. The summed E-state index contributed by atoms with van der Waals surface area (Å²) in [6.45, 7) is 3.35. The number of ether oxygens (including phenoxy) is 1. The molecule has 1 fully saturated rings. The quantitative estimate of drug-likeness (QED) is 0.726. The first kappa shape index (κ1) is 12.1. The average molecular weight is 237 g/mol. The zero-order valence-corrected chi connectivity index (χ0v) is 10.2. The lowest BCUT2D eigenvalue weighted by molar-refractivity contribution is -0.142. The van der Waals surface area contributed by atoms with Gasteiger partial charge in [-0.2, -0.15) is 5.10 Å². The molecule has 0 aliphatic carbocycles. The van der Waals surface area contributed by atoms with Crippen LogP contribution in [-0.4, -0.2) is 47.4 Å². The van der Waals surface area contributed by atoms with Crippen molar-refractivity contribution in [3.63, 3.8) is 0 Å². The van der Waals surface area contributed by atoms with Gasteiger partial charge in [-0.15, -0.1) is 0 Å². The highest BCUT2D eigenvalue weighted by atomic mass is 16.5. The second kappa shape index (κ2) is 5.82. The molecule has 1 aliphatic rings. The van der Waals surface area contributed by atoms with Crippen molar-refractivity contribution in [3.8, 4) is 0 Å². The summed E-state index contributed by atoms with van der Waals surface area (Å²) in [6, 6.07) is 1.95. The number of carbonyl (C=O) groups excluding carboxylic acids is 1. The topological polar surface area (TPSA) is 47.4 Å². The highest BCUT2D eigenvalue weighted by Gasteiger charge is 2.21. The molecule has 0 unspecified atom stereocenters. The number of methoxy groups -OCH3 is 1. The Morgan fingerprint density at radius 1 is 1.47 bits per heavy atom. The molecule has 0 bridgehead atoms. The van der Waals surface area contributed by atoms with Gasteiger partial charge in [0.1, 0.15) is 0 Å². The van der Waals surface area contributed by atoms with Crippen LogP contribution in [0.1, 0.15) is 12.8 Å². The van der Waals surface area contributed by atoms with Gasteiger partial charge in [0.2, 0.25) is 0 Å². The van der Waals surface area contributed by atoms with Gasteiger partial charge in [0.05, 0.1) is 13.7 Å². The van der Waals surface area contributed by atoms with E-state index in [2.05, 4.69) is 14.7 Å². The van der Waals surface area contributed by atoms with E-state index >= 15 is 0 Å². The van der Waals surface area contributed by atoms with Gasteiger partial charge in [0.25, 0.3) is 0 Å². The molecule has 94 valence electrons. The smallest absolute Gasteiger partial charge is 0.319 e. The monoisotopic (exact) mass is 237 g/mol. The third-order valence-electron chi connectivity index (χ3n) is 3.29. The molecule has 0 aromatic carbocycles. The van der Waals surface area contributed by atoms with Crippen LogP contribution in [0.2, 0.25) is 0 Å². The molecule has 1 aromatic rings. The lowest BCUT2D eigenvalue weighted by Gasteiger charge is -2.30. The SMILES string of the molecule is COC(=O)CN1CCC(Cn2cccn2)CC1. The summed E-state index contributed by atoms with van der Waals surface area (Å²) in [6.07, 6.45) is 6.06. The summed E-state index contributed by atoms with van der Waals surface area (Å²) in [5.41, 5.74) is 0. The molecule has 0 N–H and O–H groups in total. The van der Waals surface area contributed by atoms with Gasteiger partial charge in [-0.1, -0.05) is 0 Å². The second-order valence-electron chi connectivity index (χ2n) is 4.52. The Labute approximate surface area is 101 Å². The predicted octanol–water partition coefficient (Wildman–Crippen LogP) is 0.768. The normalized spacial score (nSPS) is 18.2. The fourth-order valence-corrected chi connectivity index (χ4v) is 2.25. The Morgan fingerprint density at radius 3 is 2.82 bits per heavy atom. The summed E-state index contributed by atoms with van der Waals surface area (Å²) >= 11 is 0. The molecule has 0 spiro atoms. The van der Waals surface area contributed by atoms with Crippen LogP contribution >= 0.6 is 0 Å². The minimum atomic E-state index is -0.143. The Hall–Kier alpha value is -1.36. The third kappa shape index (κ3) is 3.56. The summed E-state index contributed by atoms with van der Waals surface area (Å²) in [5.74, 6) is 0.527. The van der Waals surface area contributed by atoms with E-state index in [1.807, 2.05) is 23.1 Å². The summed E-state index contributed by atoms with van der Waals surface area (Å²) in [7, 11) is 1.44. The predicted molar refractivity (Wildman–Crippen MR) is 63.4 cm³/mol. The number of piperidine rings is 1. The fraction of sp³-hybridized carbons (Fsp3) is 0.667. The first-order chi connectivity index (χ1) is 8.28. The van der Waals surface area contributed by atoms with Crippen molar-refractivity contribution in [1.29, 1.82) is 0 Å². The average Bonchev–Trinajstić information content (AvgIpc) is 2.84. The molecule has 2 heterocycles.